The van der Waals surface area contributed by atoms with Gasteiger partial charge in [-0.3, -0.25) is 19.2 Å². The van der Waals surface area contributed by atoms with E-state index in [1.54, 1.807) is 19.3 Å². The number of aliphatic carboxylic acids is 1. The highest BCUT2D eigenvalue weighted by molar-refractivity contribution is 5.95. The minimum atomic E-state index is -1.31. The predicted octanol–water partition coefficient (Wildman–Crippen LogP) is 1.61. The van der Waals surface area contributed by atoms with Crippen LogP contribution in [-0.2, 0) is 36.8 Å². The lowest BCUT2D eigenvalue weighted by atomic mass is 9.98. The molecule has 0 aliphatic carbocycles. The fraction of sp³-hybridized carbons (Fsp3) is 0.364. The van der Waals surface area contributed by atoms with Gasteiger partial charge in [-0.1, -0.05) is 56.7 Å². The van der Waals surface area contributed by atoms with Gasteiger partial charge in [0.05, 0.1) is 6.04 Å². The Bertz CT molecular complexity index is 1710. The van der Waals surface area contributed by atoms with E-state index in [9.17, 15) is 29.1 Å². The second-order valence-electron chi connectivity index (χ2n) is 11.6. The predicted molar refractivity (Wildman–Crippen MR) is 173 cm³/mol. The third-order valence-corrected chi connectivity index (χ3v) is 8.32. The van der Waals surface area contributed by atoms with E-state index in [1.165, 1.54) is 0 Å². The van der Waals surface area contributed by atoms with Crippen LogP contribution in [0.2, 0.25) is 0 Å². The fourth-order valence-electron chi connectivity index (χ4n) is 5.33. The van der Waals surface area contributed by atoms with E-state index in [0.29, 0.717) is 17.5 Å². The van der Waals surface area contributed by atoms with Crippen molar-refractivity contribution in [2.24, 2.45) is 17.4 Å². The van der Waals surface area contributed by atoms with Gasteiger partial charge < -0.3 is 42.5 Å². The number of aromatic nitrogens is 2. The number of hydrogen-bond acceptors (Lipinski definition) is 6. The summed E-state index contributed by atoms with van der Waals surface area (Å²) < 4.78 is 0. The first-order chi connectivity index (χ1) is 22.0. The number of fused-ring (bicyclic) bond motifs is 2. The zero-order valence-corrected chi connectivity index (χ0v) is 25.8. The van der Waals surface area contributed by atoms with Gasteiger partial charge in [-0.05, 0) is 35.6 Å². The van der Waals surface area contributed by atoms with Gasteiger partial charge in [-0.15, -0.1) is 0 Å². The molecule has 13 nitrogen and oxygen atoms in total. The summed E-state index contributed by atoms with van der Waals surface area (Å²) in [4.78, 5) is 70.5. The van der Waals surface area contributed by atoms with Crippen molar-refractivity contribution in [1.82, 2.24) is 25.9 Å². The summed E-state index contributed by atoms with van der Waals surface area (Å²) in [7, 11) is 0. The number of amides is 4. The maximum absolute atomic E-state index is 13.8. The van der Waals surface area contributed by atoms with E-state index in [0.717, 1.165) is 21.8 Å². The quantitative estimate of drug-likeness (QED) is 0.0911. The van der Waals surface area contributed by atoms with Gasteiger partial charge >= 0.3 is 5.97 Å². The SMILES string of the molecule is CCC(C)C(N)C(=O)NC(CCC(N)=O)C(=O)NC(Cc1c[nH]c2ccccc12)C(=O)NC(Cc1c[nH]c2ccccc12)C(=O)O. The summed E-state index contributed by atoms with van der Waals surface area (Å²) in [6.07, 6.45) is 3.71. The Kier molecular flexibility index (Phi) is 11.2. The number of carbonyl (C=O) groups excluding carboxylic acids is 4. The Morgan fingerprint density at radius 1 is 0.761 bits per heavy atom. The number of aromatic amines is 2. The Morgan fingerprint density at radius 2 is 1.24 bits per heavy atom. The molecule has 0 saturated carbocycles. The smallest absolute Gasteiger partial charge is 0.326 e. The van der Waals surface area contributed by atoms with Crippen LogP contribution < -0.4 is 27.4 Å². The van der Waals surface area contributed by atoms with Gasteiger partial charge in [-0.2, -0.15) is 0 Å². The van der Waals surface area contributed by atoms with Crippen molar-refractivity contribution in [3.05, 3.63) is 72.1 Å². The number of nitrogens with one attached hydrogen (secondary N) is 5. The van der Waals surface area contributed by atoms with Crippen molar-refractivity contribution >= 4 is 51.4 Å². The molecule has 5 atom stereocenters. The molecule has 46 heavy (non-hydrogen) atoms. The van der Waals surface area contributed by atoms with Gasteiger partial charge in [-0.25, -0.2) is 4.79 Å². The van der Waals surface area contributed by atoms with Crippen LogP contribution in [0.1, 0.15) is 44.2 Å². The monoisotopic (exact) mass is 631 g/mol. The molecule has 10 N–H and O–H groups in total. The van der Waals surface area contributed by atoms with E-state index in [4.69, 9.17) is 11.5 Å². The highest BCUT2D eigenvalue weighted by Gasteiger charge is 2.32. The average Bonchev–Trinajstić information content (AvgIpc) is 3.65. The van der Waals surface area contributed by atoms with Crippen LogP contribution in [0.15, 0.2) is 60.9 Å². The van der Waals surface area contributed by atoms with Crippen LogP contribution in [0.4, 0.5) is 0 Å². The Labute approximate surface area is 265 Å². The second kappa shape index (κ2) is 15.2. The molecule has 13 heteroatoms. The van der Waals surface area contributed by atoms with E-state index in [2.05, 4.69) is 25.9 Å². The van der Waals surface area contributed by atoms with Crippen LogP contribution in [0.3, 0.4) is 0 Å². The van der Waals surface area contributed by atoms with Gasteiger partial charge in [0.1, 0.15) is 18.1 Å². The lowest BCUT2D eigenvalue weighted by molar-refractivity contribution is -0.142. The minimum Gasteiger partial charge on any atom is -0.480 e. The van der Waals surface area contributed by atoms with Gasteiger partial charge in [0.2, 0.25) is 23.6 Å². The minimum absolute atomic E-state index is 0.00385. The van der Waals surface area contributed by atoms with Crippen LogP contribution in [0.25, 0.3) is 21.8 Å². The van der Waals surface area contributed by atoms with Gasteiger partial charge in [0, 0.05) is 53.5 Å². The first kappa shape index (κ1) is 33.7. The standard InChI is InChI=1S/C33H41N7O6/c1-3-18(2)29(35)32(44)38-25(12-13-28(34)41)30(42)39-26(14-19-16-36-23-10-6-4-8-21(19)23)31(43)40-27(33(45)46)15-20-17-37-24-11-7-5-9-22(20)24/h4-11,16-18,25-27,29,36-37H,3,12-15,35H2,1-2H3,(H2,34,41)(H,38,44)(H,39,42)(H,40,43)(H,45,46). The molecule has 0 radical (unpaired) electrons. The molecule has 4 rings (SSSR count). The number of rotatable bonds is 16. The number of carboxylic acid groups (broad SMARTS) is 1. The van der Waals surface area contributed by atoms with E-state index in [-0.39, 0.29) is 31.6 Å². The van der Waals surface area contributed by atoms with Crippen molar-refractivity contribution < 1.29 is 29.1 Å². The number of nitrogens with two attached hydrogens (primary N) is 2. The summed E-state index contributed by atoms with van der Waals surface area (Å²) in [5.41, 5.74) is 14.5. The van der Waals surface area contributed by atoms with Crippen LogP contribution >= 0.6 is 0 Å². The summed E-state index contributed by atoms with van der Waals surface area (Å²) in [6.45, 7) is 3.69. The number of benzene rings is 2. The Balaban J connectivity index is 1.59. The maximum atomic E-state index is 13.8. The topological polar surface area (TPSA) is 225 Å². The first-order valence-corrected chi connectivity index (χ1v) is 15.3. The van der Waals surface area contributed by atoms with Crippen molar-refractivity contribution in [2.45, 2.75) is 70.1 Å². The molecule has 0 aliphatic heterocycles. The fourth-order valence-corrected chi connectivity index (χ4v) is 5.33. The molecule has 0 saturated heterocycles. The molecule has 0 fully saturated rings. The number of carbonyl (C=O) groups is 5. The molecule has 2 aromatic carbocycles. The summed E-state index contributed by atoms with van der Waals surface area (Å²) >= 11 is 0. The molecule has 4 aromatic rings. The van der Waals surface area contributed by atoms with E-state index < -0.39 is 53.8 Å². The summed E-state index contributed by atoms with van der Waals surface area (Å²) in [5.74, 6) is -4.16. The van der Waals surface area contributed by atoms with Crippen LogP contribution in [0, 0.1) is 5.92 Å². The van der Waals surface area contributed by atoms with Crippen molar-refractivity contribution in [2.75, 3.05) is 0 Å². The number of H-pyrrole nitrogens is 2. The van der Waals surface area contributed by atoms with E-state index in [1.807, 2.05) is 55.5 Å². The molecule has 0 aliphatic rings. The largest absolute Gasteiger partial charge is 0.480 e. The highest BCUT2D eigenvalue weighted by Crippen LogP contribution is 2.21. The van der Waals surface area contributed by atoms with Gasteiger partial charge in [0.25, 0.3) is 0 Å². The highest BCUT2D eigenvalue weighted by atomic mass is 16.4. The summed E-state index contributed by atoms with van der Waals surface area (Å²) in [5, 5.41) is 19.6. The number of hydrogen-bond donors (Lipinski definition) is 8. The second-order valence-corrected chi connectivity index (χ2v) is 11.6. The molecular weight excluding hydrogens is 590 g/mol. The molecule has 5 unspecified atom stereocenters. The third kappa shape index (κ3) is 8.30. The number of carboxylic acids is 1. The zero-order valence-electron chi connectivity index (χ0n) is 25.8. The molecule has 244 valence electrons. The summed E-state index contributed by atoms with van der Waals surface area (Å²) in [6, 6.07) is 10.1. The van der Waals surface area contributed by atoms with Crippen molar-refractivity contribution in [1.29, 1.82) is 0 Å². The van der Waals surface area contributed by atoms with Crippen molar-refractivity contribution in [3.63, 3.8) is 0 Å². The molecule has 0 spiro atoms. The van der Waals surface area contributed by atoms with E-state index >= 15 is 0 Å². The Morgan fingerprint density at radius 3 is 1.76 bits per heavy atom. The number of para-hydroxylation sites is 2. The number of primary amides is 1. The van der Waals surface area contributed by atoms with Gasteiger partial charge in [0.15, 0.2) is 0 Å². The average molecular weight is 632 g/mol. The molecule has 2 heterocycles. The normalized spacial score (nSPS) is 14.6. The molecule has 0 bridgehead atoms. The zero-order chi connectivity index (χ0) is 33.4. The maximum Gasteiger partial charge on any atom is 0.326 e. The third-order valence-electron chi connectivity index (χ3n) is 8.32. The van der Waals surface area contributed by atoms with Crippen LogP contribution in [-0.4, -0.2) is 68.8 Å². The van der Waals surface area contributed by atoms with Crippen LogP contribution in [0.5, 0.6) is 0 Å². The molecule has 2 aromatic heterocycles. The molecular formula is C33H41N7O6. The van der Waals surface area contributed by atoms with Crippen molar-refractivity contribution in [3.8, 4) is 0 Å². The Hall–Kier alpha value is -5.17. The first-order valence-electron chi connectivity index (χ1n) is 15.3. The lowest BCUT2D eigenvalue weighted by Crippen LogP contribution is -2.58. The molecule has 4 amide bonds. The lowest BCUT2D eigenvalue weighted by Gasteiger charge is -2.26.